The molecule has 4 aliphatic heterocycles. The number of aromatic nitrogens is 1. The quantitative estimate of drug-likeness (QED) is 0.582. The second-order valence-electron chi connectivity index (χ2n) is 9.03. The van der Waals surface area contributed by atoms with Gasteiger partial charge in [0, 0.05) is 13.0 Å². The Hall–Kier alpha value is -3.81. The summed E-state index contributed by atoms with van der Waals surface area (Å²) in [5.74, 6) is -2.58. The Kier molecular flexibility index (Phi) is 4.55. The average molecular weight is 491 g/mol. The molecule has 2 unspecified atom stereocenters. The molecule has 184 valence electrons. The molecule has 0 aliphatic carbocycles. The number of morpholine rings is 1. The zero-order valence-corrected chi connectivity index (χ0v) is 18.3. The van der Waals surface area contributed by atoms with E-state index in [-0.39, 0.29) is 60.3 Å². The highest BCUT2D eigenvalue weighted by Gasteiger charge is 2.61. The smallest absolute Gasteiger partial charge is 0.416 e. The molecule has 2 aromatic rings. The first-order chi connectivity index (χ1) is 16.8. The molecular formula is C21H19F2N5O7. The molecule has 1 aromatic heterocycles. The van der Waals surface area contributed by atoms with E-state index >= 15 is 4.39 Å². The monoisotopic (exact) mass is 491 g/mol. The van der Waals surface area contributed by atoms with Crippen molar-refractivity contribution in [1.82, 2.24) is 15.8 Å². The second kappa shape index (κ2) is 7.34. The van der Waals surface area contributed by atoms with Crippen LogP contribution in [-0.4, -0.2) is 73.7 Å². The zero-order valence-electron chi connectivity index (χ0n) is 18.3. The minimum absolute atomic E-state index is 0.0566. The van der Waals surface area contributed by atoms with E-state index in [1.165, 1.54) is 6.07 Å². The number of carbonyl (C=O) groups is 4. The molecule has 0 saturated carbocycles. The first kappa shape index (κ1) is 21.7. The summed E-state index contributed by atoms with van der Waals surface area (Å²) in [6.45, 7) is 0.730. The van der Waals surface area contributed by atoms with Gasteiger partial charge in [0.25, 0.3) is 0 Å². The summed E-state index contributed by atoms with van der Waals surface area (Å²) in [6.07, 6.45) is -1.47. The van der Waals surface area contributed by atoms with Gasteiger partial charge in [0.2, 0.25) is 17.4 Å². The number of barbiturate groups is 1. The summed E-state index contributed by atoms with van der Waals surface area (Å²) in [4.78, 5) is 52.8. The van der Waals surface area contributed by atoms with Crippen molar-refractivity contribution in [2.45, 2.75) is 31.5 Å². The molecule has 0 bridgehead atoms. The maximum atomic E-state index is 16.0. The molecule has 3 fully saturated rings. The number of urea groups is 1. The van der Waals surface area contributed by atoms with Crippen LogP contribution in [0.15, 0.2) is 10.6 Å². The number of ether oxygens (including phenoxy) is 2. The number of anilines is 2. The maximum Gasteiger partial charge on any atom is 0.416 e. The molecule has 3 saturated heterocycles. The van der Waals surface area contributed by atoms with E-state index in [9.17, 15) is 23.6 Å². The minimum Gasteiger partial charge on any atom is -0.447 e. The van der Waals surface area contributed by atoms with E-state index in [2.05, 4.69) is 15.8 Å². The van der Waals surface area contributed by atoms with Crippen LogP contribution in [0.25, 0.3) is 11.0 Å². The molecule has 5 amide bonds. The predicted octanol–water partition coefficient (Wildman–Crippen LogP) is 0.764. The molecule has 12 nitrogen and oxygen atoms in total. The lowest BCUT2D eigenvalue weighted by Gasteiger charge is -2.52. The summed E-state index contributed by atoms with van der Waals surface area (Å²) in [7, 11) is 0. The minimum atomic E-state index is -1.79. The third-order valence-electron chi connectivity index (χ3n) is 7.06. The summed E-state index contributed by atoms with van der Waals surface area (Å²) in [5, 5.41) is 8.15. The van der Waals surface area contributed by atoms with E-state index in [4.69, 9.17) is 14.0 Å². The molecule has 5 heterocycles. The molecule has 4 aliphatic rings. The number of halogens is 2. The third-order valence-corrected chi connectivity index (χ3v) is 7.06. The lowest BCUT2D eigenvalue weighted by Crippen LogP contribution is -2.73. The van der Waals surface area contributed by atoms with Crippen LogP contribution in [0.3, 0.4) is 0 Å². The van der Waals surface area contributed by atoms with Gasteiger partial charge in [-0.05, 0) is 18.6 Å². The first-order valence-corrected chi connectivity index (χ1v) is 10.9. The van der Waals surface area contributed by atoms with Crippen LogP contribution in [0.1, 0.15) is 12.5 Å². The summed E-state index contributed by atoms with van der Waals surface area (Å²) in [6, 6.07) is -1.35. The van der Waals surface area contributed by atoms with Crippen molar-refractivity contribution in [3.8, 4) is 0 Å². The average Bonchev–Trinajstić information content (AvgIpc) is 3.39. The lowest BCUT2D eigenvalue weighted by atomic mass is 9.68. The summed E-state index contributed by atoms with van der Waals surface area (Å²) in [5.41, 5.74) is -1.69. The number of rotatable bonds is 2. The first-order valence-electron chi connectivity index (χ1n) is 10.9. The van der Waals surface area contributed by atoms with Gasteiger partial charge in [0.15, 0.2) is 17.1 Å². The molecule has 3 atom stereocenters. The van der Waals surface area contributed by atoms with E-state index in [0.717, 1.165) is 4.90 Å². The van der Waals surface area contributed by atoms with E-state index in [1.807, 2.05) is 0 Å². The third kappa shape index (κ3) is 2.82. The van der Waals surface area contributed by atoms with Gasteiger partial charge in [0.1, 0.15) is 19.3 Å². The van der Waals surface area contributed by atoms with Gasteiger partial charge < -0.3 is 18.9 Å². The number of hydrogen-bond acceptors (Lipinski definition) is 9. The predicted molar refractivity (Wildman–Crippen MR) is 112 cm³/mol. The molecule has 6 rings (SSSR count). The Bertz CT molecular complexity index is 1290. The molecule has 2 N–H and O–H groups in total. The number of imide groups is 2. The molecule has 1 spiro atoms. The van der Waals surface area contributed by atoms with Crippen LogP contribution in [0, 0.1) is 11.2 Å². The van der Waals surface area contributed by atoms with E-state index in [0.29, 0.717) is 0 Å². The Morgan fingerprint density at radius 2 is 1.94 bits per heavy atom. The number of carbonyl (C=O) groups excluding carboxylic acids is 4. The van der Waals surface area contributed by atoms with E-state index < -0.39 is 53.9 Å². The Labute approximate surface area is 195 Å². The van der Waals surface area contributed by atoms with Gasteiger partial charge in [0.05, 0.1) is 29.8 Å². The van der Waals surface area contributed by atoms with Gasteiger partial charge in [-0.15, -0.1) is 0 Å². The number of benzene rings is 1. The Balaban J connectivity index is 1.56. The highest BCUT2D eigenvalue weighted by atomic mass is 19.1. The molecule has 1 aromatic carbocycles. The fourth-order valence-electron chi connectivity index (χ4n) is 5.42. The van der Waals surface area contributed by atoms with Crippen LogP contribution in [0.5, 0.6) is 0 Å². The van der Waals surface area contributed by atoms with Crippen LogP contribution < -0.4 is 20.4 Å². The topological polar surface area (TPSA) is 143 Å². The zero-order chi connectivity index (χ0) is 24.6. The van der Waals surface area contributed by atoms with Crippen LogP contribution >= 0.6 is 0 Å². The normalized spacial score (nSPS) is 27.6. The number of fused-ring (bicyclic) bond motifs is 5. The maximum absolute atomic E-state index is 16.0. The van der Waals surface area contributed by atoms with Crippen molar-refractivity contribution in [3.05, 3.63) is 17.4 Å². The number of nitrogens with one attached hydrogen (secondary N) is 2. The van der Waals surface area contributed by atoms with Crippen LogP contribution in [0.4, 0.5) is 29.9 Å². The largest absolute Gasteiger partial charge is 0.447 e. The highest BCUT2D eigenvalue weighted by molar-refractivity contribution is 6.20. The number of alkyl halides is 1. The Morgan fingerprint density at radius 3 is 2.66 bits per heavy atom. The van der Waals surface area contributed by atoms with Crippen LogP contribution in [-0.2, 0) is 25.5 Å². The molecule has 35 heavy (non-hydrogen) atoms. The van der Waals surface area contributed by atoms with Gasteiger partial charge in [-0.25, -0.2) is 23.3 Å². The van der Waals surface area contributed by atoms with Crippen molar-refractivity contribution < 1.29 is 42.0 Å². The van der Waals surface area contributed by atoms with Gasteiger partial charge in [-0.3, -0.25) is 20.2 Å². The van der Waals surface area contributed by atoms with Crippen molar-refractivity contribution >= 4 is 46.4 Å². The SMILES string of the molecule is C[C@@H]1CN2c3c(cc4c(N5C(=O)OCC5CF)noc4c3F)CC3(C(=O)NC(=O)NC3=O)C2CO1. The van der Waals surface area contributed by atoms with E-state index in [1.54, 1.807) is 11.8 Å². The summed E-state index contributed by atoms with van der Waals surface area (Å²) >= 11 is 0. The van der Waals surface area contributed by atoms with Crippen molar-refractivity contribution in [3.63, 3.8) is 0 Å². The van der Waals surface area contributed by atoms with Crippen molar-refractivity contribution in [2.24, 2.45) is 5.41 Å². The van der Waals surface area contributed by atoms with Gasteiger partial charge in [-0.1, -0.05) is 5.16 Å². The number of hydrogen-bond donors (Lipinski definition) is 2. The molecular weight excluding hydrogens is 472 g/mol. The number of nitrogens with zero attached hydrogens (tertiary/aromatic N) is 3. The highest BCUT2D eigenvalue weighted by Crippen LogP contribution is 2.48. The van der Waals surface area contributed by atoms with Crippen LogP contribution in [0.2, 0.25) is 0 Å². The second-order valence-corrected chi connectivity index (χ2v) is 9.03. The van der Waals surface area contributed by atoms with Crippen molar-refractivity contribution in [1.29, 1.82) is 0 Å². The lowest BCUT2D eigenvalue weighted by molar-refractivity contribution is -0.149. The molecule has 0 radical (unpaired) electrons. The molecule has 14 heteroatoms. The standard InChI is InChI=1S/C21H19F2N5O7/c1-8-5-27-12(7-33-8)21(17(29)24-19(31)25-18(21)30)3-9-2-11-15(13(23)14(9)27)35-26-16(11)28-10(4-22)6-34-20(28)32/h2,8,10,12H,3-7H2,1H3,(H2,24,25,29,30,31)/t8-,10?,12?/m1/s1. The van der Waals surface area contributed by atoms with Crippen molar-refractivity contribution in [2.75, 3.05) is 36.2 Å². The van der Waals surface area contributed by atoms with Gasteiger partial charge in [-0.2, -0.15) is 0 Å². The fourth-order valence-corrected chi connectivity index (χ4v) is 5.42. The number of cyclic esters (lactones) is 1. The summed E-state index contributed by atoms with van der Waals surface area (Å²) < 4.78 is 45.3. The Morgan fingerprint density at radius 1 is 1.20 bits per heavy atom. The fraction of sp³-hybridized carbons (Fsp3) is 0.476. The number of amides is 5. The van der Waals surface area contributed by atoms with Gasteiger partial charge >= 0.3 is 12.1 Å².